The van der Waals surface area contributed by atoms with Gasteiger partial charge in [0.25, 0.3) is 0 Å². The highest BCUT2D eigenvalue weighted by Crippen LogP contribution is 2.33. The highest BCUT2D eigenvalue weighted by atomic mass is 16.6. The summed E-state index contributed by atoms with van der Waals surface area (Å²) in [5, 5.41) is 18.9. The molecule has 0 saturated heterocycles. The molecule has 0 unspecified atom stereocenters. The van der Waals surface area contributed by atoms with Crippen molar-refractivity contribution in [2.45, 2.75) is 13.0 Å². The van der Waals surface area contributed by atoms with E-state index in [1.54, 1.807) is 27.3 Å². The number of methoxy groups -OCH3 is 1. The number of nitrogens with zero attached hydrogens (tertiary/aromatic N) is 5. The monoisotopic (exact) mass is 356 g/mol. The summed E-state index contributed by atoms with van der Waals surface area (Å²) in [4.78, 5) is 15.5. The lowest BCUT2D eigenvalue weighted by atomic mass is 10.1. The summed E-state index contributed by atoms with van der Waals surface area (Å²) in [6.45, 7) is 1.62. The first kappa shape index (κ1) is 17.5. The van der Waals surface area contributed by atoms with Crippen molar-refractivity contribution in [1.29, 1.82) is 0 Å². The Kier molecular flexibility index (Phi) is 4.61. The summed E-state index contributed by atoms with van der Waals surface area (Å²) in [5.41, 5.74) is 1.21. The number of benzene rings is 1. The van der Waals surface area contributed by atoms with Crippen LogP contribution in [0.5, 0.6) is 5.75 Å². The number of rotatable bonds is 6. The zero-order valence-electron chi connectivity index (χ0n) is 15.0. The van der Waals surface area contributed by atoms with E-state index in [1.807, 2.05) is 42.1 Å². The molecule has 0 amide bonds. The molecule has 0 radical (unpaired) electrons. The number of nitro groups is 1. The fraction of sp³-hybridized carbons (Fsp3) is 0.294. The molecule has 136 valence electrons. The van der Waals surface area contributed by atoms with Gasteiger partial charge in [-0.3, -0.25) is 10.1 Å². The van der Waals surface area contributed by atoms with Gasteiger partial charge >= 0.3 is 5.69 Å². The van der Waals surface area contributed by atoms with Crippen LogP contribution in [0.2, 0.25) is 0 Å². The van der Waals surface area contributed by atoms with Crippen LogP contribution in [0.15, 0.2) is 36.7 Å². The molecule has 0 spiro atoms. The predicted octanol–water partition coefficient (Wildman–Crippen LogP) is 2.58. The van der Waals surface area contributed by atoms with Gasteiger partial charge < -0.3 is 14.6 Å². The molecule has 9 heteroatoms. The summed E-state index contributed by atoms with van der Waals surface area (Å²) in [7, 11) is 5.15. The van der Waals surface area contributed by atoms with Crippen molar-refractivity contribution in [3.8, 4) is 5.75 Å². The van der Waals surface area contributed by atoms with Crippen molar-refractivity contribution >= 4 is 11.5 Å². The SMILES string of the molecule is COc1ccc([C@H](Nc2c([N+](=O)[O-])c(C)nn2C)c2nccn2C)cc1. The van der Waals surface area contributed by atoms with Crippen LogP contribution in [0.3, 0.4) is 0 Å². The molecule has 0 fully saturated rings. The van der Waals surface area contributed by atoms with E-state index in [0.717, 1.165) is 17.1 Å². The number of anilines is 1. The minimum absolute atomic E-state index is 0.0415. The fourth-order valence-electron chi connectivity index (χ4n) is 2.91. The molecule has 3 aromatic rings. The Balaban J connectivity index is 2.08. The lowest BCUT2D eigenvalue weighted by Gasteiger charge is -2.20. The molecule has 0 aliphatic carbocycles. The third-order valence-electron chi connectivity index (χ3n) is 4.22. The fourth-order valence-corrected chi connectivity index (χ4v) is 2.91. The van der Waals surface area contributed by atoms with Gasteiger partial charge in [-0.2, -0.15) is 5.10 Å². The molecule has 2 aromatic heterocycles. The van der Waals surface area contributed by atoms with E-state index in [2.05, 4.69) is 15.4 Å². The minimum atomic E-state index is -0.422. The van der Waals surface area contributed by atoms with Crippen molar-refractivity contribution in [1.82, 2.24) is 19.3 Å². The largest absolute Gasteiger partial charge is 0.497 e. The molecule has 0 aliphatic rings. The first-order chi connectivity index (χ1) is 12.4. The van der Waals surface area contributed by atoms with Gasteiger partial charge in [0.05, 0.1) is 12.0 Å². The summed E-state index contributed by atoms with van der Waals surface area (Å²) in [6.07, 6.45) is 3.52. The van der Waals surface area contributed by atoms with Crippen molar-refractivity contribution in [3.05, 3.63) is 63.9 Å². The zero-order valence-corrected chi connectivity index (χ0v) is 15.0. The van der Waals surface area contributed by atoms with Crippen LogP contribution in [0.1, 0.15) is 23.1 Å². The summed E-state index contributed by atoms with van der Waals surface area (Å²) in [6, 6.07) is 7.10. The Morgan fingerprint density at radius 1 is 1.27 bits per heavy atom. The number of nitrogens with one attached hydrogen (secondary N) is 1. The Labute approximate surface area is 150 Å². The van der Waals surface area contributed by atoms with E-state index in [0.29, 0.717) is 11.5 Å². The average molecular weight is 356 g/mol. The predicted molar refractivity (Wildman–Crippen MR) is 96.3 cm³/mol. The van der Waals surface area contributed by atoms with Crippen LogP contribution in [0.25, 0.3) is 0 Å². The molecule has 1 N–H and O–H groups in total. The molecule has 9 nitrogen and oxygen atoms in total. The maximum absolute atomic E-state index is 11.5. The number of aromatic nitrogens is 4. The molecule has 2 heterocycles. The van der Waals surface area contributed by atoms with Crippen molar-refractivity contribution in [2.24, 2.45) is 14.1 Å². The first-order valence-corrected chi connectivity index (χ1v) is 7.98. The van der Waals surface area contributed by atoms with Crippen molar-refractivity contribution < 1.29 is 9.66 Å². The second kappa shape index (κ2) is 6.87. The van der Waals surface area contributed by atoms with Gasteiger partial charge in [0, 0.05) is 26.5 Å². The van der Waals surface area contributed by atoms with E-state index >= 15 is 0 Å². The molecule has 3 rings (SSSR count). The Morgan fingerprint density at radius 2 is 1.96 bits per heavy atom. The lowest BCUT2D eigenvalue weighted by molar-refractivity contribution is -0.384. The molecular weight excluding hydrogens is 336 g/mol. The third kappa shape index (κ3) is 3.10. The Hall–Kier alpha value is -3.36. The normalized spacial score (nSPS) is 12.0. The standard InChI is InChI=1S/C17H20N6O3/c1-11-15(23(24)25)17(22(3)20-11)19-14(16-18-9-10-21(16)2)12-5-7-13(26-4)8-6-12/h5-10,14,19H,1-4H3/t14-/m0/s1. The number of ether oxygens (including phenoxy) is 1. The molecular formula is C17H20N6O3. The quantitative estimate of drug-likeness (QED) is 0.538. The zero-order chi connectivity index (χ0) is 18.8. The molecule has 1 aromatic carbocycles. The van der Waals surface area contributed by atoms with E-state index in [1.165, 1.54) is 4.68 Å². The molecule has 26 heavy (non-hydrogen) atoms. The number of hydrogen-bond acceptors (Lipinski definition) is 6. The van der Waals surface area contributed by atoms with E-state index in [-0.39, 0.29) is 5.69 Å². The molecule has 0 bridgehead atoms. The van der Waals surface area contributed by atoms with Gasteiger partial charge in [-0.05, 0) is 24.6 Å². The number of aryl methyl sites for hydroxylation is 3. The van der Waals surface area contributed by atoms with Gasteiger partial charge in [0.2, 0.25) is 5.82 Å². The molecule has 1 atom stereocenters. The maximum Gasteiger partial charge on any atom is 0.333 e. The van der Waals surface area contributed by atoms with Crippen LogP contribution >= 0.6 is 0 Å². The second-order valence-corrected chi connectivity index (χ2v) is 5.91. The summed E-state index contributed by atoms with van der Waals surface area (Å²) in [5.74, 6) is 1.79. The summed E-state index contributed by atoms with van der Waals surface area (Å²) >= 11 is 0. The van der Waals surface area contributed by atoms with Crippen LogP contribution in [0, 0.1) is 17.0 Å². The Morgan fingerprint density at radius 3 is 2.50 bits per heavy atom. The van der Waals surface area contributed by atoms with Crippen LogP contribution in [0.4, 0.5) is 11.5 Å². The lowest BCUT2D eigenvalue weighted by Crippen LogP contribution is -2.19. The van der Waals surface area contributed by atoms with Crippen molar-refractivity contribution in [2.75, 3.05) is 12.4 Å². The topological polar surface area (TPSA) is 100 Å². The van der Waals surface area contributed by atoms with Gasteiger partial charge in [-0.25, -0.2) is 9.67 Å². The minimum Gasteiger partial charge on any atom is -0.497 e. The number of hydrogen-bond donors (Lipinski definition) is 1. The summed E-state index contributed by atoms with van der Waals surface area (Å²) < 4.78 is 8.56. The smallest absolute Gasteiger partial charge is 0.333 e. The van der Waals surface area contributed by atoms with Crippen LogP contribution in [-0.4, -0.2) is 31.4 Å². The second-order valence-electron chi connectivity index (χ2n) is 5.91. The van der Waals surface area contributed by atoms with E-state index in [4.69, 9.17) is 4.74 Å². The van der Waals surface area contributed by atoms with Crippen molar-refractivity contribution in [3.63, 3.8) is 0 Å². The first-order valence-electron chi connectivity index (χ1n) is 7.98. The maximum atomic E-state index is 11.5. The van der Waals surface area contributed by atoms with Gasteiger partial charge in [-0.15, -0.1) is 0 Å². The average Bonchev–Trinajstić information content (AvgIpc) is 3.15. The van der Waals surface area contributed by atoms with Gasteiger partial charge in [-0.1, -0.05) is 12.1 Å². The van der Waals surface area contributed by atoms with E-state index < -0.39 is 11.0 Å². The Bertz CT molecular complexity index is 929. The third-order valence-corrected chi connectivity index (χ3v) is 4.22. The van der Waals surface area contributed by atoms with Gasteiger partial charge in [0.15, 0.2) is 0 Å². The molecule has 0 aliphatic heterocycles. The highest BCUT2D eigenvalue weighted by molar-refractivity contribution is 5.61. The highest BCUT2D eigenvalue weighted by Gasteiger charge is 2.28. The molecule has 0 saturated carbocycles. The van der Waals surface area contributed by atoms with Crippen LogP contribution < -0.4 is 10.1 Å². The van der Waals surface area contributed by atoms with Gasteiger partial charge in [0.1, 0.15) is 23.3 Å². The van der Waals surface area contributed by atoms with Crippen LogP contribution in [-0.2, 0) is 14.1 Å². The number of imidazole rings is 1. The van der Waals surface area contributed by atoms with E-state index in [9.17, 15) is 10.1 Å².